The quantitative estimate of drug-likeness (QED) is 0.909. The first-order valence-corrected chi connectivity index (χ1v) is 8.79. The molecule has 0 spiro atoms. The summed E-state index contributed by atoms with van der Waals surface area (Å²) in [6, 6.07) is 9.34. The van der Waals surface area contributed by atoms with E-state index in [0.29, 0.717) is 18.9 Å². The second-order valence-corrected chi connectivity index (χ2v) is 6.51. The van der Waals surface area contributed by atoms with E-state index in [4.69, 9.17) is 9.47 Å². The third-order valence-electron chi connectivity index (χ3n) is 4.60. The Hall–Kier alpha value is -2.80. The Balaban J connectivity index is 1.48. The summed E-state index contributed by atoms with van der Waals surface area (Å²) in [4.78, 5) is 21.0. The van der Waals surface area contributed by atoms with Gasteiger partial charge in [0.1, 0.15) is 18.9 Å². The van der Waals surface area contributed by atoms with Gasteiger partial charge in [-0.15, -0.1) is 0 Å². The van der Waals surface area contributed by atoms with Crippen molar-refractivity contribution in [2.75, 3.05) is 51.8 Å². The highest BCUT2D eigenvalue weighted by Gasteiger charge is 2.21. The molecule has 7 heteroatoms. The molecule has 0 radical (unpaired) electrons. The van der Waals surface area contributed by atoms with Crippen molar-refractivity contribution in [3.8, 4) is 11.5 Å². The smallest absolute Gasteiger partial charge is 0.272 e. The minimum absolute atomic E-state index is 0.0241. The number of piperazine rings is 1. The average Bonchev–Trinajstić information content (AvgIpc) is 2.68. The van der Waals surface area contributed by atoms with Crippen molar-refractivity contribution in [1.29, 1.82) is 0 Å². The van der Waals surface area contributed by atoms with E-state index in [1.807, 2.05) is 29.2 Å². The van der Waals surface area contributed by atoms with E-state index in [0.717, 1.165) is 49.1 Å². The molecular formula is C19H22N4O3. The fourth-order valence-corrected chi connectivity index (χ4v) is 3.08. The first-order chi connectivity index (χ1) is 12.7. The van der Waals surface area contributed by atoms with Gasteiger partial charge >= 0.3 is 0 Å². The maximum Gasteiger partial charge on any atom is 0.272 e. The largest absolute Gasteiger partial charge is 0.486 e. The molecule has 1 aromatic heterocycles. The van der Waals surface area contributed by atoms with Crippen molar-refractivity contribution in [3.05, 3.63) is 42.2 Å². The fraction of sp³-hybridized carbons (Fsp3) is 0.368. The molecule has 1 saturated heterocycles. The van der Waals surface area contributed by atoms with Gasteiger partial charge in [0.25, 0.3) is 5.91 Å². The number of hydrogen-bond donors (Lipinski definition) is 1. The van der Waals surface area contributed by atoms with Crippen LogP contribution in [0, 0.1) is 0 Å². The molecule has 2 aliphatic rings. The maximum atomic E-state index is 12.7. The van der Waals surface area contributed by atoms with Gasteiger partial charge in [-0.1, -0.05) is 0 Å². The van der Waals surface area contributed by atoms with Crippen molar-refractivity contribution >= 4 is 17.3 Å². The highest BCUT2D eigenvalue weighted by molar-refractivity contribution is 5.93. The van der Waals surface area contributed by atoms with Crippen LogP contribution in [0.3, 0.4) is 0 Å². The summed E-state index contributed by atoms with van der Waals surface area (Å²) < 4.78 is 11.1. The Morgan fingerprint density at radius 2 is 1.73 bits per heavy atom. The van der Waals surface area contributed by atoms with Gasteiger partial charge in [0.15, 0.2) is 11.5 Å². The summed E-state index contributed by atoms with van der Waals surface area (Å²) in [5.41, 5.74) is 2.14. The number of amides is 1. The zero-order valence-electron chi connectivity index (χ0n) is 14.8. The van der Waals surface area contributed by atoms with Crippen LogP contribution in [-0.4, -0.2) is 67.1 Å². The molecule has 0 bridgehead atoms. The number of nitrogens with zero attached hydrogens (tertiary/aromatic N) is 3. The predicted molar refractivity (Wildman–Crippen MR) is 98.4 cm³/mol. The molecule has 1 aromatic carbocycles. The van der Waals surface area contributed by atoms with Crippen LogP contribution in [0.25, 0.3) is 0 Å². The van der Waals surface area contributed by atoms with Crippen LogP contribution in [0.15, 0.2) is 36.5 Å². The molecule has 0 saturated carbocycles. The predicted octanol–water partition coefficient (Wildman–Crippen LogP) is 1.98. The van der Waals surface area contributed by atoms with Gasteiger partial charge in [-0.05, 0) is 31.3 Å². The van der Waals surface area contributed by atoms with E-state index in [9.17, 15) is 4.79 Å². The Morgan fingerprint density at radius 3 is 2.54 bits per heavy atom. The molecule has 0 aliphatic carbocycles. The first-order valence-electron chi connectivity index (χ1n) is 8.79. The van der Waals surface area contributed by atoms with Crippen LogP contribution in [0.5, 0.6) is 11.5 Å². The lowest BCUT2D eigenvalue weighted by Crippen LogP contribution is -2.47. The van der Waals surface area contributed by atoms with Gasteiger partial charge in [-0.25, -0.2) is 0 Å². The van der Waals surface area contributed by atoms with Crippen molar-refractivity contribution in [3.63, 3.8) is 0 Å². The van der Waals surface area contributed by atoms with Gasteiger partial charge in [0, 0.05) is 49.8 Å². The Morgan fingerprint density at radius 1 is 1.00 bits per heavy atom. The standard InChI is InChI=1S/C19H22N4O3/c1-22-6-8-23(9-7-22)19(24)16-12-15(4-5-20-16)21-14-2-3-17-18(13-14)26-11-10-25-17/h2-5,12-13H,6-11H2,1H3,(H,20,21). The average molecular weight is 354 g/mol. The fourth-order valence-electron chi connectivity index (χ4n) is 3.08. The number of likely N-dealkylation sites (N-methyl/N-ethyl adjacent to an activating group) is 1. The third kappa shape index (κ3) is 3.57. The zero-order valence-corrected chi connectivity index (χ0v) is 14.8. The minimum Gasteiger partial charge on any atom is -0.486 e. The van der Waals surface area contributed by atoms with E-state index >= 15 is 0 Å². The Kier molecular flexibility index (Phi) is 4.62. The minimum atomic E-state index is -0.0241. The molecule has 1 N–H and O–H groups in total. The number of nitrogens with one attached hydrogen (secondary N) is 1. The molecule has 7 nitrogen and oxygen atoms in total. The number of rotatable bonds is 3. The number of carbonyl (C=O) groups excluding carboxylic acids is 1. The monoisotopic (exact) mass is 354 g/mol. The summed E-state index contributed by atoms with van der Waals surface area (Å²) >= 11 is 0. The Labute approximate surface area is 152 Å². The molecular weight excluding hydrogens is 332 g/mol. The van der Waals surface area contributed by atoms with Gasteiger partial charge in [-0.3, -0.25) is 9.78 Å². The maximum absolute atomic E-state index is 12.7. The number of aromatic nitrogens is 1. The molecule has 2 aromatic rings. The summed E-state index contributed by atoms with van der Waals surface area (Å²) in [5.74, 6) is 1.45. The van der Waals surface area contributed by atoms with Gasteiger partial charge in [0.2, 0.25) is 0 Å². The SMILES string of the molecule is CN1CCN(C(=O)c2cc(Nc3ccc4c(c3)OCCO4)ccn2)CC1. The normalized spacial score (nSPS) is 17.0. The molecule has 1 fully saturated rings. The van der Waals surface area contributed by atoms with Crippen molar-refractivity contribution in [2.45, 2.75) is 0 Å². The highest BCUT2D eigenvalue weighted by atomic mass is 16.6. The van der Waals surface area contributed by atoms with E-state index in [2.05, 4.69) is 22.2 Å². The van der Waals surface area contributed by atoms with Crippen LogP contribution < -0.4 is 14.8 Å². The molecule has 136 valence electrons. The topological polar surface area (TPSA) is 66.9 Å². The van der Waals surface area contributed by atoms with Crippen LogP contribution in [0.1, 0.15) is 10.5 Å². The molecule has 0 unspecified atom stereocenters. The summed E-state index contributed by atoms with van der Waals surface area (Å²) in [6.07, 6.45) is 1.66. The number of anilines is 2. The lowest BCUT2D eigenvalue weighted by molar-refractivity contribution is 0.0658. The van der Waals surface area contributed by atoms with Crippen molar-refractivity contribution in [1.82, 2.24) is 14.8 Å². The second kappa shape index (κ2) is 7.21. The number of benzene rings is 1. The summed E-state index contributed by atoms with van der Waals surface area (Å²) in [7, 11) is 2.07. The van der Waals surface area contributed by atoms with Crippen molar-refractivity contribution < 1.29 is 14.3 Å². The number of ether oxygens (including phenoxy) is 2. The lowest BCUT2D eigenvalue weighted by atomic mass is 10.2. The van der Waals surface area contributed by atoms with Crippen molar-refractivity contribution in [2.24, 2.45) is 0 Å². The molecule has 4 rings (SSSR count). The molecule has 26 heavy (non-hydrogen) atoms. The Bertz CT molecular complexity index is 803. The van der Waals surface area contributed by atoms with Crippen LogP contribution >= 0.6 is 0 Å². The number of carbonyl (C=O) groups is 1. The highest BCUT2D eigenvalue weighted by Crippen LogP contribution is 2.33. The second-order valence-electron chi connectivity index (χ2n) is 6.51. The van der Waals surface area contributed by atoms with Crippen LogP contribution in [0.2, 0.25) is 0 Å². The van der Waals surface area contributed by atoms with Gasteiger partial charge in [-0.2, -0.15) is 0 Å². The van der Waals surface area contributed by atoms with Gasteiger partial charge < -0.3 is 24.6 Å². The van der Waals surface area contributed by atoms with E-state index < -0.39 is 0 Å². The van der Waals surface area contributed by atoms with E-state index in [-0.39, 0.29) is 5.91 Å². The number of fused-ring (bicyclic) bond motifs is 1. The van der Waals surface area contributed by atoms with E-state index in [1.165, 1.54) is 0 Å². The molecule has 0 atom stereocenters. The summed E-state index contributed by atoms with van der Waals surface area (Å²) in [5, 5.41) is 3.30. The van der Waals surface area contributed by atoms with Gasteiger partial charge in [0.05, 0.1) is 0 Å². The summed E-state index contributed by atoms with van der Waals surface area (Å²) in [6.45, 7) is 4.37. The van der Waals surface area contributed by atoms with Crippen LogP contribution in [-0.2, 0) is 0 Å². The number of hydrogen-bond acceptors (Lipinski definition) is 6. The molecule has 3 heterocycles. The third-order valence-corrected chi connectivity index (χ3v) is 4.60. The zero-order chi connectivity index (χ0) is 17.9. The number of pyridine rings is 1. The van der Waals surface area contributed by atoms with E-state index in [1.54, 1.807) is 12.3 Å². The lowest BCUT2D eigenvalue weighted by Gasteiger charge is -2.32. The van der Waals surface area contributed by atoms with Crippen LogP contribution in [0.4, 0.5) is 11.4 Å². The molecule has 2 aliphatic heterocycles. The molecule has 1 amide bonds. The first kappa shape index (κ1) is 16.7.